The maximum absolute atomic E-state index is 12.1. The Bertz CT molecular complexity index is 498. The Morgan fingerprint density at radius 1 is 1.53 bits per heavy atom. The lowest BCUT2D eigenvalue weighted by Gasteiger charge is -2.12. The molecule has 0 aliphatic carbocycles. The van der Waals surface area contributed by atoms with Gasteiger partial charge >= 0.3 is 5.97 Å². The third-order valence-corrected chi connectivity index (χ3v) is 2.73. The Kier molecular flexibility index (Phi) is 4.18. The van der Waals surface area contributed by atoms with E-state index in [0.29, 0.717) is 30.9 Å². The molecule has 0 radical (unpaired) electrons. The van der Waals surface area contributed by atoms with Gasteiger partial charge in [-0.3, -0.25) is 4.79 Å². The molecular formula is C14H15NO4. The van der Waals surface area contributed by atoms with Gasteiger partial charge in [0.2, 0.25) is 0 Å². The van der Waals surface area contributed by atoms with Gasteiger partial charge < -0.3 is 14.8 Å². The fraction of sp³-hybridized carbons (Fsp3) is 0.286. The van der Waals surface area contributed by atoms with E-state index in [0.717, 1.165) is 0 Å². The fourth-order valence-electron chi connectivity index (χ4n) is 1.79. The van der Waals surface area contributed by atoms with Crippen LogP contribution in [0.3, 0.4) is 0 Å². The number of hydrogen-bond acceptors (Lipinski definition) is 4. The highest BCUT2D eigenvalue weighted by Crippen LogP contribution is 2.18. The van der Waals surface area contributed by atoms with E-state index in [-0.39, 0.29) is 5.91 Å². The molecule has 1 aromatic rings. The van der Waals surface area contributed by atoms with Gasteiger partial charge in [-0.15, -0.1) is 0 Å². The van der Waals surface area contributed by atoms with Crippen LogP contribution in [0.4, 0.5) is 0 Å². The number of ether oxygens (including phenoxy) is 2. The molecule has 2 rings (SSSR count). The second kappa shape index (κ2) is 6.04. The molecule has 1 atom stereocenters. The zero-order chi connectivity index (χ0) is 13.7. The van der Waals surface area contributed by atoms with E-state index in [1.807, 2.05) is 0 Å². The molecule has 0 saturated carbocycles. The van der Waals surface area contributed by atoms with Crippen LogP contribution in [0.1, 0.15) is 16.8 Å². The quantitative estimate of drug-likeness (QED) is 0.641. The molecule has 1 heterocycles. The van der Waals surface area contributed by atoms with Gasteiger partial charge in [0, 0.05) is 6.42 Å². The molecular weight excluding hydrogens is 246 g/mol. The summed E-state index contributed by atoms with van der Waals surface area (Å²) in [6.45, 7) is 4.22. The van der Waals surface area contributed by atoms with Crippen LogP contribution in [-0.4, -0.2) is 31.1 Å². The van der Waals surface area contributed by atoms with E-state index >= 15 is 0 Å². The summed E-state index contributed by atoms with van der Waals surface area (Å²) in [5, 5.41) is 2.64. The topological polar surface area (TPSA) is 64.6 Å². The summed E-state index contributed by atoms with van der Waals surface area (Å²) in [7, 11) is 0. The van der Waals surface area contributed by atoms with Crippen molar-refractivity contribution in [3.63, 3.8) is 0 Å². The number of para-hydroxylation sites is 1. The van der Waals surface area contributed by atoms with Crippen molar-refractivity contribution in [3.05, 3.63) is 42.5 Å². The van der Waals surface area contributed by atoms with Crippen LogP contribution in [0.2, 0.25) is 0 Å². The lowest BCUT2D eigenvalue weighted by Crippen LogP contribution is -2.38. The van der Waals surface area contributed by atoms with Crippen molar-refractivity contribution in [2.75, 3.05) is 13.2 Å². The maximum atomic E-state index is 12.1. The Morgan fingerprint density at radius 3 is 3.00 bits per heavy atom. The van der Waals surface area contributed by atoms with Crippen molar-refractivity contribution < 1.29 is 19.1 Å². The number of benzene rings is 1. The van der Waals surface area contributed by atoms with Gasteiger partial charge in [-0.1, -0.05) is 24.8 Å². The van der Waals surface area contributed by atoms with Gasteiger partial charge in [-0.25, -0.2) is 4.79 Å². The standard InChI is InChI=1S/C14H15NO4/c1-2-8-18-12-6-4-3-5-10(12)13(16)15-11-7-9-19-14(11)17/h2-6,11H,1,7-9H2,(H,15,16)/t11-/m0/s1. The second-order valence-corrected chi connectivity index (χ2v) is 4.08. The molecule has 1 N–H and O–H groups in total. The van der Waals surface area contributed by atoms with Crippen molar-refractivity contribution in [2.24, 2.45) is 0 Å². The van der Waals surface area contributed by atoms with E-state index in [1.54, 1.807) is 30.3 Å². The van der Waals surface area contributed by atoms with Crippen molar-refractivity contribution >= 4 is 11.9 Å². The molecule has 1 aromatic carbocycles. The van der Waals surface area contributed by atoms with Gasteiger partial charge in [0.25, 0.3) is 5.91 Å². The second-order valence-electron chi connectivity index (χ2n) is 4.08. The molecule has 0 spiro atoms. The van der Waals surface area contributed by atoms with Crippen molar-refractivity contribution in [1.82, 2.24) is 5.32 Å². The third-order valence-electron chi connectivity index (χ3n) is 2.73. The highest BCUT2D eigenvalue weighted by atomic mass is 16.5. The molecule has 1 fully saturated rings. The number of carbonyl (C=O) groups is 2. The minimum atomic E-state index is -0.569. The average molecular weight is 261 g/mol. The summed E-state index contributed by atoms with van der Waals surface area (Å²) in [6.07, 6.45) is 2.10. The molecule has 1 saturated heterocycles. The molecule has 0 unspecified atom stereocenters. The molecule has 1 aliphatic rings. The lowest BCUT2D eigenvalue weighted by molar-refractivity contribution is -0.139. The summed E-state index contributed by atoms with van der Waals surface area (Å²) in [5.74, 6) is -0.271. The molecule has 19 heavy (non-hydrogen) atoms. The number of rotatable bonds is 5. The predicted octanol–water partition coefficient (Wildman–Crippen LogP) is 1.30. The first-order chi connectivity index (χ1) is 9.22. The van der Waals surface area contributed by atoms with Crippen LogP contribution in [0.15, 0.2) is 36.9 Å². The summed E-state index contributed by atoms with van der Waals surface area (Å²) in [4.78, 5) is 23.4. The molecule has 0 aromatic heterocycles. The minimum Gasteiger partial charge on any atom is -0.489 e. The van der Waals surface area contributed by atoms with E-state index in [1.165, 1.54) is 0 Å². The number of esters is 1. The largest absolute Gasteiger partial charge is 0.489 e. The molecule has 1 aliphatic heterocycles. The lowest BCUT2D eigenvalue weighted by atomic mass is 10.1. The fourth-order valence-corrected chi connectivity index (χ4v) is 1.79. The van der Waals surface area contributed by atoms with Crippen molar-refractivity contribution in [1.29, 1.82) is 0 Å². The van der Waals surface area contributed by atoms with Crippen LogP contribution in [0.25, 0.3) is 0 Å². The minimum absolute atomic E-state index is 0.315. The highest BCUT2D eigenvalue weighted by Gasteiger charge is 2.28. The zero-order valence-corrected chi connectivity index (χ0v) is 10.4. The first kappa shape index (κ1) is 13.1. The predicted molar refractivity (Wildman–Crippen MR) is 69.0 cm³/mol. The zero-order valence-electron chi connectivity index (χ0n) is 10.4. The van der Waals surface area contributed by atoms with Crippen molar-refractivity contribution in [3.8, 4) is 5.75 Å². The number of amides is 1. The van der Waals surface area contributed by atoms with E-state index in [2.05, 4.69) is 11.9 Å². The van der Waals surface area contributed by atoms with Crippen LogP contribution >= 0.6 is 0 Å². The first-order valence-corrected chi connectivity index (χ1v) is 6.02. The smallest absolute Gasteiger partial charge is 0.328 e. The number of hydrogen-bond donors (Lipinski definition) is 1. The Morgan fingerprint density at radius 2 is 2.32 bits per heavy atom. The highest BCUT2D eigenvalue weighted by molar-refractivity contribution is 5.99. The van der Waals surface area contributed by atoms with Gasteiger partial charge in [-0.2, -0.15) is 0 Å². The van der Waals surface area contributed by atoms with Gasteiger partial charge in [-0.05, 0) is 12.1 Å². The number of nitrogens with one attached hydrogen (secondary N) is 1. The molecule has 5 nitrogen and oxygen atoms in total. The van der Waals surface area contributed by atoms with Gasteiger partial charge in [0.15, 0.2) is 0 Å². The SMILES string of the molecule is C=CCOc1ccccc1C(=O)N[C@H]1CCOC1=O. The summed E-state index contributed by atoms with van der Waals surface area (Å²) in [5.41, 5.74) is 0.393. The molecule has 5 heteroatoms. The molecule has 1 amide bonds. The average Bonchev–Trinajstić information content (AvgIpc) is 2.82. The Balaban J connectivity index is 2.09. The monoisotopic (exact) mass is 261 g/mol. The van der Waals surface area contributed by atoms with E-state index in [4.69, 9.17) is 9.47 Å². The molecule has 0 bridgehead atoms. The maximum Gasteiger partial charge on any atom is 0.328 e. The van der Waals surface area contributed by atoms with Crippen molar-refractivity contribution in [2.45, 2.75) is 12.5 Å². The Labute approximate surface area is 111 Å². The summed E-state index contributed by atoms with van der Waals surface area (Å²) in [6, 6.07) is 6.29. The number of cyclic esters (lactones) is 1. The summed E-state index contributed by atoms with van der Waals surface area (Å²) >= 11 is 0. The van der Waals surface area contributed by atoms with Crippen LogP contribution in [0.5, 0.6) is 5.75 Å². The summed E-state index contributed by atoms with van der Waals surface area (Å²) < 4.78 is 10.2. The van der Waals surface area contributed by atoms with E-state index < -0.39 is 12.0 Å². The van der Waals surface area contributed by atoms with Gasteiger partial charge in [0.05, 0.1) is 12.2 Å². The van der Waals surface area contributed by atoms with Crippen LogP contribution in [0, 0.1) is 0 Å². The first-order valence-electron chi connectivity index (χ1n) is 6.02. The number of carbonyl (C=O) groups excluding carboxylic acids is 2. The van der Waals surface area contributed by atoms with Crippen LogP contribution < -0.4 is 10.1 Å². The third kappa shape index (κ3) is 3.13. The normalized spacial score (nSPS) is 17.7. The van der Waals surface area contributed by atoms with Gasteiger partial charge in [0.1, 0.15) is 18.4 Å². The van der Waals surface area contributed by atoms with E-state index in [9.17, 15) is 9.59 Å². The Hall–Kier alpha value is -2.30. The van der Waals surface area contributed by atoms with Crippen LogP contribution in [-0.2, 0) is 9.53 Å². The molecule has 100 valence electrons.